The van der Waals surface area contributed by atoms with E-state index in [-0.39, 0.29) is 0 Å². The predicted molar refractivity (Wildman–Crippen MR) is 50.0 cm³/mol. The third kappa shape index (κ3) is 8.73. The molecular weight excluding hydrogens is 204 g/mol. The topological polar surface area (TPSA) is 62.0 Å². The van der Waals surface area contributed by atoms with Crippen LogP contribution >= 0.6 is 0 Å². The molecule has 0 bridgehead atoms. The quantitative estimate of drug-likeness (QED) is 0.267. The Labute approximate surface area is 89.2 Å². The van der Waals surface area contributed by atoms with Gasteiger partial charge in [0.25, 0.3) is 0 Å². The van der Waals surface area contributed by atoms with Crippen molar-refractivity contribution in [2.24, 2.45) is 0 Å². The average molecular weight is 222 g/mol. The van der Waals surface area contributed by atoms with E-state index in [1.54, 1.807) is 6.92 Å². The molecule has 0 aliphatic carbocycles. The Bertz CT molecular complexity index is 130. The molecule has 6 heteroatoms. The van der Waals surface area contributed by atoms with Gasteiger partial charge >= 0.3 is 0 Å². The minimum atomic E-state index is 0.392. The van der Waals surface area contributed by atoms with E-state index in [0.717, 1.165) is 26.4 Å². The van der Waals surface area contributed by atoms with Gasteiger partial charge in [-0.1, -0.05) is 5.04 Å². The van der Waals surface area contributed by atoms with Crippen LogP contribution < -0.4 is 0 Å². The number of ether oxygens (including phenoxy) is 3. The van der Waals surface area contributed by atoms with E-state index >= 15 is 0 Å². The van der Waals surface area contributed by atoms with E-state index in [1.807, 2.05) is 0 Å². The summed E-state index contributed by atoms with van der Waals surface area (Å²) in [6, 6.07) is 0. The maximum Gasteiger partial charge on any atom is 0.104 e. The predicted octanol–water partition coefficient (Wildman–Crippen LogP) is 0.317. The van der Waals surface area contributed by atoms with Gasteiger partial charge in [-0.2, -0.15) is 0 Å². The van der Waals surface area contributed by atoms with E-state index in [1.165, 1.54) is 7.11 Å². The van der Waals surface area contributed by atoms with Gasteiger partial charge in [-0.3, -0.25) is 0 Å². The molecule has 0 aromatic carbocycles. The normalized spacial score (nSPS) is 26.8. The Hall–Kier alpha value is -0.240. The van der Waals surface area contributed by atoms with Crippen molar-refractivity contribution in [2.45, 2.75) is 19.1 Å². The lowest BCUT2D eigenvalue weighted by atomic mass is 10.5. The molecule has 15 heavy (non-hydrogen) atoms. The van der Waals surface area contributed by atoms with Crippen LogP contribution in [0.3, 0.4) is 0 Å². The molecule has 90 valence electrons. The summed E-state index contributed by atoms with van der Waals surface area (Å²) in [5, 5.41) is 3.98. The largest absolute Gasteiger partial charge is 0.376 e. The highest BCUT2D eigenvalue weighted by Gasteiger charge is 2.26. The fourth-order valence-corrected chi connectivity index (χ4v) is 0.756. The van der Waals surface area contributed by atoms with Gasteiger partial charge < -0.3 is 14.2 Å². The fourth-order valence-electron chi connectivity index (χ4n) is 0.756. The number of hydrogen-bond acceptors (Lipinski definition) is 6. The minimum Gasteiger partial charge on any atom is -0.376 e. The molecule has 2 heterocycles. The monoisotopic (exact) mass is 222 g/mol. The second-order valence-corrected chi connectivity index (χ2v) is 3.09. The Morgan fingerprint density at radius 3 is 1.93 bits per heavy atom. The molecule has 0 aromatic rings. The second-order valence-electron chi connectivity index (χ2n) is 3.09. The maximum absolute atomic E-state index is 5.23. The standard InChI is InChI=1S/C6H10O3.C3H8O3/c1(5-3-8-5)7-2-6-4-9-6;1-3-5-6-4-2/h5-6H,1-4H2;3H2,1-2H3. The lowest BCUT2D eigenvalue weighted by Gasteiger charge is -1.95. The van der Waals surface area contributed by atoms with E-state index in [2.05, 4.69) is 14.8 Å². The van der Waals surface area contributed by atoms with Crippen molar-refractivity contribution in [3.63, 3.8) is 0 Å². The first kappa shape index (κ1) is 12.8. The Balaban J connectivity index is 0.000000167. The lowest BCUT2D eigenvalue weighted by Crippen LogP contribution is -2.06. The average Bonchev–Trinajstić information content (AvgIpc) is 3.08. The Kier molecular flexibility index (Phi) is 6.82. The summed E-state index contributed by atoms with van der Waals surface area (Å²) in [4.78, 5) is 8.32. The summed E-state index contributed by atoms with van der Waals surface area (Å²) < 4.78 is 15.1. The molecule has 2 aliphatic heterocycles. The summed E-state index contributed by atoms with van der Waals surface area (Å²) in [5.41, 5.74) is 0. The van der Waals surface area contributed by atoms with Crippen LogP contribution in [-0.2, 0) is 29.0 Å². The summed E-state index contributed by atoms with van der Waals surface area (Å²) in [7, 11) is 1.38. The first-order chi connectivity index (χ1) is 7.36. The second kappa shape index (κ2) is 7.98. The van der Waals surface area contributed by atoms with Crippen molar-refractivity contribution in [1.82, 2.24) is 0 Å². The van der Waals surface area contributed by atoms with Gasteiger partial charge in [-0.25, -0.2) is 9.78 Å². The van der Waals surface area contributed by atoms with Gasteiger partial charge in [-0.15, -0.1) is 0 Å². The molecule has 0 spiro atoms. The SMILES string of the molecule is C(OCC1CO1)C1CO1.CCOOOC. The van der Waals surface area contributed by atoms with Crippen LogP contribution in [0.2, 0.25) is 0 Å². The molecule has 0 saturated carbocycles. The zero-order valence-corrected chi connectivity index (χ0v) is 9.14. The van der Waals surface area contributed by atoms with Crippen molar-refractivity contribution in [3.8, 4) is 0 Å². The van der Waals surface area contributed by atoms with Gasteiger partial charge in [0.2, 0.25) is 0 Å². The highest BCUT2D eigenvalue weighted by atomic mass is 17.5. The fraction of sp³-hybridized carbons (Fsp3) is 1.00. The van der Waals surface area contributed by atoms with E-state index in [4.69, 9.17) is 14.2 Å². The van der Waals surface area contributed by atoms with Crippen LogP contribution in [0.15, 0.2) is 0 Å². The van der Waals surface area contributed by atoms with Crippen molar-refractivity contribution in [3.05, 3.63) is 0 Å². The zero-order valence-electron chi connectivity index (χ0n) is 9.14. The van der Waals surface area contributed by atoms with Crippen LogP contribution in [0.1, 0.15) is 6.92 Å². The molecule has 6 nitrogen and oxygen atoms in total. The molecule has 2 saturated heterocycles. The van der Waals surface area contributed by atoms with E-state index < -0.39 is 0 Å². The van der Waals surface area contributed by atoms with Crippen molar-refractivity contribution < 1.29 is 29.0 Å². The molecule has 2 unspecified atom stereocenters. The molecular formula is C9H18O6. The summed E-state index contributed by atoms with van der Waals surface area (Å²) >= 11 is 0. The van der Waals surface area contributed by atoms with Gasteiger partial charge in [-0.05, 0) is 6.92 Å². The lowest BCUT2D eigenvalue weighted by molar-refractivity contribution is -0.500. The molecule has 2 aliphatic rings. The molecule has 0 amide bonds. The summed E-state index contributed by atoms with van der Waals surface area (Å²) in [6.07, 6.45) is 0.785. The minimum absolute atomic E-state index is 0.392. The van der Waals surface area contributed by atoms with Crippen molar-refractivity contribution in [2.75, 3.05) is 40.1 Å². The molecule has 0 radical (unpaired) electrons. The maximum atomic E-state index is 5.23. The van der Waals surface area contributed by atoms with Gasteiger partial charge in [0.1, 0.15) is 12.2 Å². The number of hydrogen-bond donors (Lipinski definition) is 0. The van der Waals surface area contributed by atoms with Crippen LogP contribution in [0.4, 0.5) is 0 Å². The summed E-state index contributed by atoms with van der Waals surface area (Å²) in [6.45, 7) is 5.57. The van der Waals surface area contributed by atoms with Gasteiger partial charge in [0.15, 0.2) is 0 Å². The van der Waals surface area contributed by atoms with E-state index in [0.29, 0.717) is 18.8 Å². The third-order valence-corrected chi connectivity index (χ3v) is 1.65. The van der Waals surface area contributed by atoms with Crippen LogP contribution in [-0.4, -0.2) is 52.4 Å². The molecule has 0 N–H and O–H groups in total. The zero-order chi connectivity index (χ0) is 10.9. The number of rotatable bonds is 7. The van der Waals surface area contributed by atoms with Crippen molar-refractivity contribution >= 4 is 0 Å². The molecule has 0 aromatic heterocycles. The molecule has 2 atom stereocenters. The van der Waals surface area contributed by atoms with Crippen LogP contribution in [0.25, 0.3) is 0 Å². The van der Waals surface area contributed by atoms with Gasteiger partial charge in [0.05, 0.1) is 40.1 Å². The number of epoxide rings is 2. The smallest absolute Gasteiger partial charge is 0.104 e. The van der Waals surface area contributed by atoms with Crippen LogP contribution in [0.5, 0.6) is 0 Å². The summed E-state index contributed by atoms with van der Waals surface area (Å²) in [5.74, 6) is 0. The Morgan fingerprint density at radius 1 is 1.13 bits per heavy atom. The van der Waals surface area contributed by atoms with Crippen molar-refractivity contribution in [1.29, 1.82) is 0 Å². The van der Waals surface area contributed by atoms with Crippen LogP contribution in [0, 0.1) is 0 Å². The highest BCUT2D eigenvalue weighted by molar-refractivity contribution is 4.71. The van der Waals surface area contributed by atoms with Gasteiger partial charge in [0, 0.05) is 0 Å². The molecule has 2 rings (SSSR count). The first-order valence-electron chi connectivity index (χ1n) is 5.00. The van der Waals surface area contributed by atoms with E-state index in [9.17, 15) is 0 Å². The first-order valence-corrected chi connectivity index (χ1v) is 5.00. The highest BCUT2D eigenvalue weighted by Crippen LogP contribution is 2.12. The molecule has 2 fully saturated rings. The third-order valence-electron chi connectivity index (χ3n) is 1.65. The Morgan fingerprint density at radius 2 is 1.67 bits per heavy atom.